The van der Waals surface area contributed by atoms with E-state index in [0.29, 0.717) is 5.52 Å². The minimum Gasteiger partial charge on any atom is -0.377 e. The lowest BCUT2D eigenvalue weighted by Gasteiger charge is -2.17. The van der Waals surface area contributed by atoms with Crippen molar-refractivity contribution in [1.82, 2.24) is 4.57 Å². The van der Waals surface area contributed by atoms with Gasteiger partial charge in [-0.1, -0.05) is 42.0 Å². The second-order valence-corrected chi connectivity index (χ2v) is 9.06. The second kappa shape index (κ2) is 8.08. The third-order valence-corrected chi connectivity index (χ3v) is 6.47. The van der Waals surface area contributed by atoms with Gasteiger partial charge < -0.3 is 8.75 Å². The summed E-state index contributed by atoms with van der Waals surface area (Å²) in [5, 5.41) is 0.266. The predicted molar refractivity (Wildman–Crippen MR) is 119 cm³/mol. The molecular formula is C24H18F3NO4S. The maximum absolute atomic E-state index is 13.3. The molecule has 0 amide bonds. The van der Waals surface area contributed by atoms with Gasteiger partial charge in [0.2, 0.25) is 0 Å². The fourth-order valence-electron chi connectivity index (χ4n) is 3.52. The minimum absolute atomic E-state index is 0.106. The Bertz CT molecular complexity index is 1520. The molecule has 0 saturated heterocycles. The Hall–Kier alpha value is -3.59. The Balaban J connectivity index is 2.02. The van der Waals surface area contributed by atoms with Crippen LogP contribution in [0.15, 0.2) is 82.5 Å². The van der Waals surface area contributed by atoms with Crippen LogP contribution in [0.4, 0.5) is 13.2 Å². The molecule has 0 atom stereocenters. The number of hydrogen-bond donors (Lipinski definition) is 0. The van der Waals surface area contributed by atoms with Crippen LogP contribution in [0, 0.1) is 6.92 Å². The first kappa shape index (κ1) is 22.6. The standard InChI is InChI=1S/C24H18F3NO4S/c1-15-10-12-18(13-11-15)33(30,31)32-22-19-8-3-4-9-20(19)28(2)23(29)21(22)16-6-5-7-17(14-16)24(25,26)27/h3-14H,1-2H3. The Morgan fingerprint density at radius 3 is 2.24 bits per heavy atom. The van der Waals surface area contributed by atoms with Crippen LogP contribution in [0.25, 0.3) is 22.0 Å². The monoisotopic (exact) mass is 473 g/mol. The van der Waals surface area contributed by atoms with Gasteiger partial charge in [0.1, 0.15) is 4.90 Å². The smallest absolute Gasteiger partial charge is 0.377 e. The van der Waals surface area contributed by atoms with Crippen molar-refractivity contribution in [3.05, 3.63) is 94.3 Å². The predicted octanol–water partition coefficient (Wildman–Crippen LogP) is 5.30. The molecule has 1 heterocycles. The van der Waals surface area contributed by atoms with Crippen LogP contribution < -0.4 is 9.74 Å². The molecule has 33 heavy (non-hydrogen) atoms. The molecule has 0 radical (unpaired) electrons. The van der Waals surface area contributed by atoms with Crippen molar-refractivity contribution in [1.29, 1.82) is 0 Å². The van der Waals surface area contributed by atoms with Gasteiger partial charge in [-0.25, -0.2) is 0 Å². The molecule has 0 saturated carbocycles. The van der Waals surface area contributed by atoms with Gasteiger partial charge in [0.05, 0.1) is 16.6 Å². The maximum atomic E-state index is 13.3. The van der Waals surface area contributed by atoms with Gasteiger partial charge >= 0.3 is 16.3 Å². The van der Waals surface area contributed by atoms with Crippen LogP contribution in [0.3, 0.4) is 0 Å². The summed E-state index contributed by atoms with van der Waals surface area (Å²) in [7, 11) is -2.93. The molecule has 4 rings (SSSR count). The van der Waals surface area contributed by atoms with Crippen molar-refractivity contribution in [3.63, 3.8) is 0 Å². The van der Waals surface area contributed by atoms with Gasteiger partial charge in [-0.2, -0.15) is 21.6 Å². The maximum Gasteiger partial charge on any atom is 0.416 e. The molecule has 5 nitrogen and oxygen atoms in total. The molecule has 0 bridgehead atoms. The Labute approximate surface area is 187 Å². The van der Waals surface area contributed by atoms with E-state index in [1.54, 1.807) is 43.3 Å². The van der Waals surface area contributed by atoms with Crippen LogP contribution >= 0.6 is 0 Å². The molecule has 9 heteroatoms. The van der Waals surface area contributed by atoms with Crippen molar-refractivity contribution < 1.29 is 25.8 Å². The van der Waals surface area contributed by atoms with Gasteiger partial charge in [0.25, 0.3) is 5.56 Å². The van der Waals surface area contributed by atoms with Gasteiger partial charge in [-0.3, -0.25) is 4.79 Å². The molecule has 0 fully saturated rings. The number of pyridine rings is 1. The summed E-state index contributed by atoms with van der Waals surface area (Å²) >= 11 is 0. The molecule has 4 aromatic rings. The van der Waals surface area contributed by atoms with Gasteiger partial charge in [0, 0.05) is 12.4 Å². The van der Waals surface area contributed by atoms with E-state index >= 15 is 0 Å². The first-order valence-electron chi connectivity index (χ1n) is 9.79. The number of hydrogen-bond acceptors (Lipinski definition) is 4. The normalized spacial score (nSPS) is 12.2. The van der Waals surface area contributed by atoms with Crippen molar-refractivity contribution >= 4 is 21.0 Å². The lowest BCUT2D eigenvalue weighted by molar-refractivity contribution is -0.137. The van der Waals surface area contributed by atoms with Crippen LogP contribution in [-0.2, 0) is 23.3 Å². The fourth-order valence-corrected chi connectivity index (χ4v) is 4.48. The molecule has 1 aromatic heterocycles. The summed E-state index contributed by atoms with van der Waals surface area (Å²) in [5.41, 5.74) is -0.849. The first-order valence-corrected chi connectivity index (χ1v) is 11.2. The van der Waals surface area contributed by atoms with Crippen LogP contribution in [-0.4, -0.2) is 13.0 Å². The summed E-state index contributed by atoms with van der Waals surface area (Å²) in [6.07, 6.45) is -4.65. The number of nitrogens with zero attached hydrogens (tertiary/aromatic N) is 1. The molecule has 0 N–H and O–H groups in total. The van der Waals surface area contributed by atoms with Crippen molar-refractivity contribution in [3.8, 4) is 16.9 Å². The Morgan fingerprint density at radius 2 is 1.58 bits per heavy atom. The Morgan fingerprint density at radius 1 is 0.909 bits per heavy atom. The summed E-state index contributed by atoms with van der Waals surface area (Å²) in [6, 6.07) is 16.5. The van der Waals surface area contributed by atoms with E-state index in [1.807, 2.05) is 0 Å². The van der Waals surface area contributed by atoms with Crippen LogP contribution in [0.5, 0.6) is 5.75 Å². The molecule has 170 valence electrons. The third-order valence-electron chi connectivity index (χ3n) is 5.24. The van der Waals surface area contributed by atoms with Gasteiger partial charge in [0.15, 0.2) is 5.75 Å². The van der Waals surface area contributed by atoms with Crippen LogP contribution in [0.2, 0.25) is 0 Å². The molecular weight excluding hydrogens is 455 g/mol. The zero-order valence-electron chi connectivity index (χ0n) is 17.6. The van der Waals surface area contributed by atoms with E-state index in [4.69, 9.17) is 4.18 Å². The number of alkyl halides is 3. The number of fused-ring (bicyclic) bond motifs is 1. The topological polar surface area (TPSA) is 65.4 Å². The highest BCUT2D eigenvalue weighted by Gasteiger charge is 2.32. The molecule has 0 aliphatic rings. The van der Waals surface area contributed by atoms with E-state index in [2.05, 4.69) is 0 Å². The highest BCUT2D eigenvalue weighted by atomic mass is 32.2. The average molecular weight is 473 g/mol. The zero-order valence-corrected chi connectivity index (χ0v) is 18.4. The number of rotatable bonds is 4. The first-order chi connectivity index (χ1) is 15.5. The van der Waals surface area contributed by atoms with Crippen molar-refractivity contribution in [2.45, 2.75) is 18.0 Å². The molecule has 0 unspecified atom stereocenters. The lowest BCUT2D eigenvalue weighted by atomic mass is 10.0. The fraction of sp³-hybridized carbons (Fsp3) is 0.125. The number of aromatic nitrogens is 1. The number of para-hydroxylation sites is 1. The largest absolute Gasteiger partial charge is 0.416 e. The lowest BCUT2D eigenvalue weighted by Crippen LogP contribution is -2.22. The highest BCUT2D eigenvalue weighted by Crippen LogP contribution is 2.38. The van der Waals surface area contributed by atoms with E-state index in [0.717, 1.165) is 23.8 Å². The summed E-state index contributed by atoms with van der Waals surface area (Å²) in [5.74, 6) is -0.325. The van der Waals surface area contributed by atoms with Crippen molar-refractivity contribution in [2.75, 3.05) is 0 Å². The average Bonchev–Trinajstić information content (AvgIpc) is 2.77. The molecule has 0 aliphatic heterocycles. The molecule has 0 spiro atoms. The van der Waals surface area contributed by atoms with Crippen molar-refractivity contribution in [2.24, 2.45) is 7.05 Å². The zero-order chi connectivity index (χ0) is 24.0. The second-order valence-electron chi connectivity index (χ2n) is 7.51. The number of benzene rings is 3. The molecule has 0 aliphatic carbocycles. The highest BCUT2D eigenvalue weighted by molar-refractivity contribution is 7.87. The quantitative estimate of drug-likeness (QED) is 0.377. The summed E-state index contributed by atoms with van der Waals surface area (Å²) in [4.78, 5) is 13.1. The number of halogens is 3. The summed E-state index contributed by atoms with van der Waals surface area (Å²) in [6.45, 7) is 1.79. The van der Waals surface area contributed by atoms with Crippen LogP contribution in [0.1, 0.15) is 11.1 Å². The van der Waals surface area contributed by atoms with Gasteiger partial charge in [-0.05, 0) is 48.9 Å². The Kier molecular flexibility index (Phi) is 5.53. The summed E-state index contributed by atoms with van der Waals surface area (Å²) < 4.78 is 72.8. The SMILES string of the molecule is Cc1ccc(S(=O)(=O)Oc2c(-c3cccc(C(F)(F)F)c3)c(=O)n(C)c3ccccc23)cc1. The van der Waals surface area contributed by atoms with E-state index < -0.39 is 27.4 Å². The number of aryl methyl sites for hydroxylation is 2. The van der Waals surface area contributed by atoms with Gasteiger partial charge in [-0.15, -0.1) is 0 Å². The van der Waals surface area contributed by atoms with E-state index in [1.165, 1.54) is 29.8 Å². The molecule has 3 aromatic carbocycles. The van der Waals surface area contributed by atoms with E-state index in [9.17, 15) is 26.4 Å². The van der Waals surface area contributed by atoms with E-state index in [-0.39, 0.29) is 27.2 Å². The third kappa shape index (κ3) is 4.23. The minimum atomic E-state index is -4.65.